The smallest absolute Gasteiger partial charge is 0.250 e. The molecule has 0 bridgehead atoms. The molecule has 2 aliphatic rings. The van der Waals surface area contributed by atoms with Gasteiger partial charge in [0.05, 0.1) is 11.1 Å². The Morgan fingerprint density at radius 1 is 1.10 bits per heavy atom. The molecular formula is C29H29Cl2FN4O3. The van der Waals surface area contributed by atoms with Crippen molar-refractivity contribution in [3.05, 3.63) is 91.6 Å². The van der Waals surface area contributed by atoms with Gasteiger partial charge in [0, 0.05) is 40.1 Å². The maximum Gasteiger partial charge on any atom is 0.250 e. The summed E-state index contributed by atoms with van der Waals surface area (Å²) in [6.45, 7) is 7.83. The van der Waals surface area contributed by atoms with Crippen molar-refractivity contribution in [1.29, 1.82) is 0 Å². The third-order valence-corrected chi connectivity index (χ3v) is 7.99. The van der Waals surface area contributed by atoms with Gasteiger partial charge in [0.2, 0.25) is 17.4 Å². The van der Waals surface area contributed by atoms with Crippen molar-refractivity contribution in [3.8, 4) is 0 Å². The molecule has 7 nitrogen and oxygen atoms in total. The van der Waals surface area contributed by atoms with E-state index in [0.717, 1.165) is 0 Å². The minimum Gasteiger partial charge on any atom is -0.326 e. The Hall–Kier alpha value is -3.20. The fourth-order valence-electron chi connectivity index (χ4n) is 6.13. The number of fused-ring (bicyclic) bond motifs is 2. The maximum atomic E-state index is 15.8. The lowest BCUT2D eigenvalue weighted by atomic mass is 9.62. The number of aromatic nitrogens is 1. The number of amides is 2. The van der Waals surface area contributed by atoms with Gasteiger partial charge in [-0.3, -0.25) is 14.4 Å². The number of nitrogens with one attached hydrogen (secondary N) is 4. The quantitative estimate of drug-likeness (QED) is 0.331. The summed E-state index contributed by atoms with van der Waals surface area (Å²) in [5.41, 5.74) is 0.175. The van der Waals surface area contributed by atoms with E-state index in [1.165, 1.54) is 12.1 Å². The van der Waals surface area contributed by atoms with Gasteiger partial charge < -0.3 is 20.9 Å². The van der Waals surface area contributed by atoms with Crippen LogP contribution in [0.4, 0.5) is 15.8 Å². The van der Waals surface area contributed by atoms with E-state index in [0.29, 0.717) is 34.1 Å². The van der Waals surface area contributed by atoms with Crippen LogP contribution in [-0.2, 0) is 15.0 Å². The minimum atomic E-state index is -1.36. The standard InChI is InChI=1S/C29H29Cl2FN4O3/c1-14-10-16(12-22(37)33-14)34-26(38)25-23(17-6-5-7-19(31)24(17)32)29(21(36-25)13-28(2,3)4)18-9-8-15(30)11-20(18)35-27(29)39/h5-12,21,23,25,36H,13H2,1-4H3,(H,35,39)(H2,33,34,37,38)/t21-,23+,25+,29?/m0/s1. The molecule has 0 saturated carbocycles. The first-order valence-electron chi connectivity index (χ1n) is 12.6. The van der Waals surface area contributed by atoms with Crippen LogP contribution in [0.2, 0.25) is 10.0 Å². The third kappa shape index (κ3) is 4.75. The van der Waals surface area contributed by atoms with E-state index in [-0.39, 0.29) is 27.5 Å². The van der Waals surface area contributed by atoms with Crippen LogP contribution in [0.25, 0.3) is 0 Å². The number of halogens is 3. The van der Waals surface area contributed by atoms with Gasteiger partial charge in [0.15, 0.2) is 0 Å². The largest absolute Gasteiger partial charge is 0.326 e. The second-order valence-corrected chi connectivity index (χ2v) is 12.3. The van der Waals surface area contributed by atoms with Gasteiger partial charge in [0.1, 0.15) is 11.2 Å². The summed E-state index contributed by atoms with van der Waals surface area (Å²) in [6, 6.07) is 11.0. The molecule has 0 aliphatic carbocycles. The third-order valence-electron chi connectivity index (χ3n) is 7.47. The van der Waals surface area contributed by atoms with Crippen molar-refractivity contribution in [1.82, 2.24) is 10.3 Å². The predicted octanol–water partition coefficient (Wildman–Crippen LogP) is 5.52. The van der Waals surface area contributed by atoms with Crippen LogP contribution in [-0.4, -0.2) is 28.9 Å². The molecule has 2 aliphatic heterocycles. The first-order chi connectivity index (χ1) is 18.3. The Bertz CT molecular complexity index is 1550. The zero-order chi connectivity index (χ0) is 28.3. The Balaban J connectivity index is 1.73. The van der Waals surface area contributed by atoms with Crippen LogP contribution < -0.4 is 21.5 Å². The van der Waals surface area contributed by atoms with E-state index in [9.17, 15) is 14.4 Å². The molecule has 1 aromatic heterocycles. The van der Waals surface area contributed by atoms with Gasteiger partial charge in [-0.25, -0.2) is 4.39 Å². The van der Waals surface area contributed by atoms with E-state index in [1.807, 2.05) is 20.8 Å². The number of aromatic amines is 1. The molecule has 4 N–H and O–H groups in total. The number of rotatable bonds is 4. The average molecular weight is 571 g/mol. The van der Waals surface area contributed by atoms with Crippen molar-refractivity contribution in [2.75, 3.05) is 10.6 Å². The molecule has 0 radical (unpaired) electrons. The molecule has 4 atom stereocenters. The van der Waals surface area contributed by atoms with Gasteiger partial charge in [-0.2, -0.15) is 0 Å². The number of carbonyl (C=O) groups excluding carboxylic acids is 2. The number of H-pyrrole nitrogens is 1. The van der Waals surface area contributed by atoms with Crippen molar-refractivity contribution < 1.29 is 14.0 Å². The fourth-order valence-corrected chi connectivity index (χ4v) is 6.48. The van der Waals surface area contributed by atoms with Crippen molar-refractivity contribution in [2.24, 2.45) is 5.41 Å². The first kappa shape index (κ1) is 27.4. The molecule has 2 amide bonds. The van der Waals surface area contributed by atoms with Crippen LogP contribution in [0.15, 0.2) is 53.3 Å². The molecule has 3 heterocycles. The molecule has 39 heavy (non-hydrogen) atoms. The summed E-state index contributed by atoms with van der Waals surface area (Å²) in [5.74, 6) is -2.53. The van der Waals surface area contributed by atoms with Gasteiger partial charge >= 0.3 is 0 Å². The van der Waals surface area contributed by atoms with Gasteiger partial charge in [-0.15, -0.1) is 0 Å². The molecule has 1 unspecified atom stereocenters. The summed E-state index contributed by atoms with van der Waals surface area (Å²) in [7, 11) is 0. The van der Waals surface area contributed by atoms with Crippen molar-refractivity contribution in [3.63, 3.8) is 0 Å². The molecule has 1 saturated heterocycles. The Kier molecular flexibility index (Phi) is 6.85. The highest BCUT2D eigenvalue weighted by Gasteiger charge is 2.66. The van der Waals surface area contributed by atoms with Gasteiger partial charge in [-0.05, 0) is 54.2 Å². The summed E-state index contributed by atoms with van der Waals surface area (Å²) in [5, 5.41) is 9.49. The first-order valence-corrected chi connectivity index (χ1v) is 13.4. The molecule has 2 aromatic carbocycles. The zero-order valence-corrected chi connectivity index (χ0v) is 23.4. The molecule has 1 spiro atoms. The minimum absolute atomic E-state index is 0.110. The van der Waals surface area contributed by atoms with Crippen LogP contribution in [0.1, 0.15) is 49.9 Å². The van der Waals surface area contributed by atoms with Crippen LogP contribution >= 0.6 is 23.2 Å². The number of anilines is 2. The fraction of sp³-hybridized carbons (Fsp3) is 0.345. The molecule has 5 rings (SSSR count). The number of carbonyl (C=O) groups is 2. The van der Waals surface area contributed by atoms with Crippen LogP contribution in [0, 0.1) is 18.2 Å². The van der Waals surface area contributed by atoms with Crippen LogP contribution in [0.5, 0.6) is 0 Å². The number of hydrogen-bond acceptors (Lipinski definition) is 4. The van der Waals surface area contributed by atoms with Crippen LogP contribution in [0.3, 0.4) is 0 Å². The average Bonchev–Trinajstić information content (AvgIpc) is 3.29. The van der Waals surface area contributed by atoms with E-state index in [4.69, 9.17) is 23.2 Å². The molecular weight excluding hydrogens is 542 g/mol. The van der Waals surface area contributed by atoms with E-state index in [2.05, 4.69) is 20.9 Å². The highest BCUT2D eigenvalue weighted by Crippen LogP contribution is 2.57. The number of benzene rings is 2. The molecule has 10 heteroatoms. The van der Waals surface area contributed by atoms with Gasteiger partial charge in [0.25, 0.3) is 0 Å². The van der Waals surface area contributed by atoms with Crippen molar-refractivity contribution in [2.45, 2.75) is 57.5 Å². The monoisotopic (exact) mass is 570 g/mol. The summed E-state index contributed by atoms with van der Waals surface area (Å²) in [4.78, 5) is 42.8. The lowest BCUT2D eigenvalue weighted by Crippen LogP contribution is -2.49. The predicted molar refractivity (Wildman–Crippen MR) is 151 cm³/mol. The Labute approximate surface area is 235 Å². The topological polar surface area (TPSA) is 103 Å². The number of aryl methyl sites for hydroxylation is 1. The lowest BCUT2D eigenvalue weighted by molar-refractivity contribution is -0.122. The summed E-state index contributed by atoms with van der Waals surface area (Å²) < 4.78 is 15.8. The normalized spacial score (nSPS) is 24.1. The van der Waals surface area contributed by atoms with E-state index >= 15 is 4.39 Å². The molecule has 204 valence electrons. The van der Waals surface area contributed by atoms with Crippen molar-refractivity contribution >= 4 is 46.4 Å². The Morgan fingerprint density at radius 3 is 2.54 bits per heavy atom. The number of pyridine rings is 1. The summed E-state index contributed by atoms with van der Waals surface area (Å²) >= 11 is 12.5. The highest BCUT2D eigenvalue weighted by atomic mass is 35.5. The lowest BCUT2D eigenvalue weighted by Gasteiger charge is -2.37. The molecule has 3 aromatic rings. The second-order valence-electron chi connectivity index (χ2n) is 11.5. The maximum absolute atomic E-state index is 15.8. The summed E-state index contributed by atoms with van der Waals surface area (Å²) in [6.07, 6.45) is 0.495. The van der Waals surface area contributed by atoms with E-state index in [1.54, 1.807) is 43.3 Å². The second kappa shape index (κ2) is 9.77. The molecule has 1 fully saturated rings. The van der Waals surface area contributed by atoms with Gasteiger partial charge in [-0.1, -0.05) is 62.2 Å². The number of hydrogen-bond donors (Lipinski definition) is 4. The van der Waals surface area contributed by atoms with E-state index < -0.39 is 35.1 Å². The highest BCUT2D eigenvalue weighted by molar-refractivity contribution is 6.31. The SMILES string of the molecule is Cc1cc(NC(=O)[C@@H]2N[C@@H](CC(C)(C)C)C3(C(=O)Nc4cc(Cl)ccc43)[C@@H]2c2cccc(Cl)c2F)cc(=O)[nH]1. The Morgan fingerprint density at radius 2 is 1.85 bits per heavy atom. The zero-order valence-electron chi connectivity index (χ0n) is 21.9.